The highest BCUT2D eigenvalue weighted by atomic mass is 19.1. The summed E-state index contributed by atoms with van der Waals surface area (Å²) in [7, 11) is 0. The van der Waals surface area contributed by atoms with Crippen LogP contribution in [0.2, 0.25) is 0 Å². The number of ether oxygens (including phenoxy) is 1. The van der Waals surface area contributed by atoms with Gasteiger partial charge in [0.2, 0.25) is 5.91 Å². The summed E-state index contributed by atoms with van der Waals surface area (Å²) >= 11 is 0. The van der Waals surface area contributed by atoms with Crippen molar-refractivity contribution < 1.29 is 18.3 Å². The van der Waals surface area contributed by atoms with Crippen LogP contribution in [0.15, 0.2) is 18.2 Å². The van der Waals surface area contributed by atoms with Gasteiger partial charge >= 0.3 is 0 Å². The van der Waals surface area contributed by atoms with E-state index < -0.39 is 29.1 Å². The fourth-order valence-electron chi connectivity index (χ4n) is 2.21. The van der Waals surface area contributed by atoms with Crippen molar-refractivity contribution in [3.8, 4) is 0 Å². The summed E-state index contributed by atoms with van der Waals surface area (Å²) in [5, 5.41) is 2.67. The Balaban J connectivity index is 2.13. The van der Waals surface area contributed by atoms with Crippen LogP contribution in [0, 0.1) is 17.0 Å². The van der Waals surface area contributed by atoms with Gasteiger partial charge in [-0.05, 0) is 32.0 Å². The van der Waals surface area contributed by atoms with Gasteiger partial charge in [0.05, 0.1) is 24.7 Å². The van der Waals surface area contributed by atoms with E-state index in [0.717, 1.165) is 18.2 Å². The van der Waals surface area contributed by atoms with Gasteiger partial charge in [-0.1, -0.05) is 0 Å². The third kappa shape index (κ3) is 2.66. The summed E-state index contributed by atoms with van der Waals surface area (Å²) in [5.41, 5.74) is 5.12. The zero-order chi connectivity index (χ0) is 14.9. The molecule has 0 saturated carbocycles. The molecular weight excluding hydrogens is 266 g/mol. The number of nitrogens with two attached hydrogens (primary N) is 1. The number of benzene rings is 1. The number of halogens is 2. The molecule has 6 heteroatoms. The van der Waals surface area contributed by atoms with Crippen molar-refractivity contribution in [2.75, 3.05) is 13.2 Å². The number of rotatable bonds is 3. The van der Waals surface area contributed by atoms with Crippen molar-refractivity contribution >= 4 is 5.91 Å². The van der Waals surface area contributed by atoms with Gasteiger partial charge in [0.25, 0.3) is 0 Å². The molecule has 2 rings (SSSR count). The first kappa shape index (κ1) is 14.9. The lowest BCUT2D eigenvalue weighted by Crippen LogP contribution is -2.50. The molecule has 3 unspecified atom stereocenters. The molecule has 1 aliphatic heterocycles. The van der Waals surface area contributed by atoms with Gasteiger partial charge in [0, 0.05) is 11.6 Å². The topological polar surface area (TPSA) is 64.3 Å². The molecular formula is C14H18F2N2O2. The van der Waals surface area contributed by atoms with Crippen molar-refractivity contribution in [3.05, 3.63) is 35.4 Å². The van der Waals surface area contributed by atoms with Crippen molar-refractivity contribution in [2.45, 2.75) is 25.9 Å². The Morgan fingerprint density at radius 1 is 1.55 bits per heavy atom. The first-order valence-electron chi connectivity index (χ1n) is 6.44. The predicted octanol–water partition coefficient (Wildman–Crippen LogP) is 1.51. The average molecular weight is 284 g/mol. The molecule has 1 aromatic carbocycles. The van der Waals surface area contributed by atoms with Crippen LogP contribution in [-0.2, 0) is 9.53 Å². The van der Waals surface area contributed by atoms with Crippen LogP contribution in [0.25, 0.3) is 0 Å². The lowest BCUT2D eigenvalue weighted by atomic mass is 9.84. The maximum atomic E-state index is 13.7. The van der Waals surface area contributed by atoms with Gasteiger partial charge in [0.1, 0.15) is 11.6 Å². The van der Waals surface area contributed by atoms with Crippen molar-refractivity contribution in [1.82, 2.24) is 5.32 Å². The first-order valence-corrected chi connectivity index (χ1v) is 6.44. The lowest BCUT2D eigenvalue weighted by Gasteiger charge is -2.27. The summed E-state index contributed by atoms with van der Waals surface area (Å²) in [6.07, 6.45) is 0. The number of carbonyl (C=O) groups excluding carboxylic acids is 1. The van der Waals surface area contributed by atoms with E-state index in [1.807, 2.05) is 0 Å². The zero-order valence-corrected chi connectivity index (χ0v) is 11.5. The Bertz CT molecular complexity index is 524. The Kier molecular flexibility index (Phi) is 4.06. The maximum Gasteiger partial charge on any atom is 0.230 e. The van der Waals surface area contributed by atoms with Gasteiger partial charge in [-0.3, -0.25) is 4.79 Å². The normalized spacial score (nSPS) is 27.4. The molecule has 110 valence electrons. The van der Waals surface area contributed by atoms with Crippen molar-refractivity contribution in [2.24, 2.45) is 11.1 Å². The molecule has 1 aromatic rings. The van der Waals surface area contributed by atoms with E-state index in [1.54, 1.807) is 13.8 Å². The highest BCUT2D eigenvalue weighted by molar-refractivity contribution is 5.84. The molecule has 0 aromatic heterocycles. The van der Waals surface area contributed by atoms with Crippen LogP contribution in [0.4, 0.5) is 8.78 Å². The number of amides is 1. The van der Waals surface area contributed by atoms with Gasteiger partial charge in [-0.15, -0.1) is 0 Å². The van der Waals surface area contributed by atoms with Crippen LogP contribution in [0.5, 0.6) is 0 Å². The molecule has 1 amide bonds. The third-order valence-corrected chi connectivity index (χ3v) is 3.81. The first-order chi connectivity index (χ1) is 9.34. The molecule has 3 atom stereocenters. The summed E-state index contributed by atoms with van der Waals surface area (Å²) in [4.78, 5) is 12.3. The highest BCUT2D eigenvalue weighted by Gasteiger charge is 2.44. The Morgan fingerprint density at radius 3 is 2.85 bits per heavy atom. The van der Waals surface area contributed by atoms with E-state index in [9.17, 15) is 13.6 Å². The minimum Gasteiger partial charge on any atom is -0.379 e. The summed E-state index contributed by atoms with van der Waals surface area (Å²) in [5.74, 6) is -1.43. The van der Waals surface area contributed by atoms with E-state index in [4.69, 9.17) is 10.5 Å². The third-order valence-electron chi connectivity index (χ3n) is 3.81. The second-order valence-electron chi connectivity index (χ2n) is 5.40. The Hall–Kier alpha value is -1.53. The molecule has 0 spiro atoms. The number of carbonyl (C=O) groups is 1. The van der Waals surface area contributed by atoms with E-state index in [1.165, 1.54) is 0 Å². The fraction of sp³-hybridized carbons (Fsp3) is 0.500. The van der Waals surface area contributed by atoms with E-state index in [-0.39, 0.29) is 18.1 Å². The van der Waals surface area contributed by atoms with Gasteiger partial charge in [-0.25, -0.2) is 8.78 Å². The molecule has 1 aliphatic rings. The molecule has 4 nitrogen and oxygen atoms in total. The van der Waals surface area contributed by atoms with Crippen LogP contribution in [0.3, 0.4) is 0 Å². The predicted molar refractivity (Wildman–Crippen MR) is 69.8 cm³/mol. The van der Waals surface area contributed by atoms with E-state index in [0.29, 0.717) is 6.61 Å². The quantitative estimate of drug-likeness (QED) is 0.884. The lowest BCUT2D eigenvalue weighted by molar-refractivity contribution is -0.131. The van der Waals surface area contributed by atoms with Crippen LogP contribution >= 0.6 is 0 Å². The SMILES string of the molecule is CC(NC(=O)C1(C)COCC1N)c1cc(F)ccc1F. The maximum absolute atomic E-state index is 13.7. The summed E-state index contributed by atoms with van der Waals surface area (Å²) in [6.45, 7) is 3.83. The van der Waals surface area contributed by atoms with Crippen molar-refractivity contribution in [1.29, 1.82) is 0 Å². The molecule has 0 aliphatic carbocycles. The minimum absolute atomic E-state index is 0.106. The van der Waals surface area contributed by atoms with E-state index in [2.05, 4.69) is 5.32 Å². The fourth-order valence-corrected chi connectivity index (χ4v) is 2.21. The Morgan fingerprint density at radius 2 is 2.25 bits per heavy atom. The molecule has 1 heterocycles. The highest BCUT2D eigenvalue weighted by Crippen LogP contribution is 2.28. The smallest absolute Gasteiger partial charge is 0.230 e. The zero-order valence-electron chi connectivity index (χ0n) is 11.5. The van der Waals surface area contributed by atoms with Gasteiger partial charge < -0.3 is 15.8 Å². The molecule has 20 heavy (non-hydrogen) atoms. The van der Waals surface area contributed by atoms with Crippen molar-refractivity contribution in [3.63, 3.8) is 0 Å². The van der Waals surface area contributed by atoms with Gasteiger partial charge in [0.15, 0.2) is 0 Å². The summed E-state index contributed by atoms with van der Waals surface area (Å²) in [6, 6.07) is 2.10. The minimum atomic E-state index is -0.849. The van der Waals surface area contributed by atoms with Crippen LogP contribution in [0.1, 0.15) is 25.5 Å². The number of nitrogens with one attached hydrogen (secondary N) is 1. The Labute approximate surface area is 116 Å². The van der Waals surface area contributed by atoms with Gasteiger partial charge in [-0.2, -0.15) is 0 Å². The van der Waals surface area contributed by atoms with Crippen LogP contribution < -0.4 is 11.1 Å². The molecule has 1 saturated heterocycles. The van der Waals surface area contributed by atoms with Crippen LogP contribution in [-0.4, -0.2) is 25.2 Å². The number of hydrogen-bond donors (Lipinski definition) is 2. The molecule has 3 N–H and O–H groups in total. The molecule has 0 radical (unpaired) electrons. The van der Waals surface area contributed by atoms with E-state index >= 15 is 0 Å². The molecule has 1 fully saturated rings. The molecule has 0 bridgehead atoms. The average Bonchev–Trinajstić information content (AvgIpc) is 2.73. The summed E-state index contributed by atoms with van der Waals surface area (Å²) < 4.78 is 32.0. The largest absolute Gasteiger partial charge is 0.379 e. The second kappa shape index (κ2) is 5.46. The number of hydrogen-bond acceptors (Lipinski definition) is 3. The monoisotopic (exact) mass is 284 g/mol. The standard InChI is InChI=1S/C14H18F2N2O2/c1-8(10-5-9(15)3-4-11(10)16)18-13(19)14(2)7-20-6-12(14)17/h3-5,8,12H,6-7,17H2,1-2H3,(H,18,19). The second-order valence-corrected chi connectivity index (χ2v) is 5.40.